The molecule has 4 aromatic rings. The van der Waals surface area contributed by atoms with Crippen LogP contribution < -0.4 is 5.32 Å². The number of anilines is 1. The summed E-state index contributed by atoms with van der Waals surface area (Å²) in [6.07, 6.45) is 3.12. The zero-order valence-electron chi connectivity index (χ0n) is 19.5. The molecule has 0 radical (unpaired) electrons. The molecule has 0 aliphatic carbocycles. The first-order valence-corrected chi connectivity index (χ1v) is 11.3. The third-order valence-corrected chi connectivity index (χ3v) is 5.90. The number of carbonyl (C=O) groups excluding carboxylic acids is 3. The van der Waals surface area contributed by atoms with E-state index in [1.165, 1.54) is 12.5 Å². The molecule has 9 heteroatoms. The van der Waals surface area contributed by atoms with Gasteiger partial charge in [-0.05, 0) is 48.7 Å². The highest BCUT2D eigenvalue weighted by Gasteiger charge is 2.43. The number of hydrogen-bond donors (Lipinski definition) is 1. The number of hydrogen-bond acceptors (Lipinski definition) is 7. The fourth-order valence-corrected chi connectivity index (χ4v) is 4.33. The van der Waals surface area contributed by atoms with Gasteiger partial charge in [0, 0.05) is 0 Å². The maximum atomic E-state index is 13.6. The monoisotopic (exact) mass is 483 g/mol. The first-order chi connectivity index (χ1) is 17.4. The molecule has 9 nitrogen and oxygen atoms in total. The lowest BCUT2D eigenvalue weighted by Gasteiger charge is -2.26. The van der Waals surface area contributed by atoms with Gasteiger partial charge in [0.1, 0.15) is 23.4 Å². The summed E-state index contributed by atoms with van der Waals surface area (Å²) in [7, 11) is 0. The summed E-state index contributed by atoms with van der Waals surface area (Å²) in [5.74, 6) is -1.00. The number of rotatable bonds is 7. The van der Waals surface area contributed by atoms with E-state index >= 15 is 0 Å². The molecule has 1 N–H and O–H groups in total. The van der Waals surface area contributed by atoms with Crippen LogP contribution in [0, 0.1) is 17.2 Å². The highest BCUT2D eigenvalue weighted by atomic mass is 16.4. The largest absolute Gasteiger partial charge is 0.464 e. The number of nitriles is 1. The van der Waals surface area contributed by atoms with E-state index in [1.54, 1.807) is 48.5 Å². The van der Waals surface area contributed by atoms with Crippen LogP contribution in [-0.4, -0.2) is 28.7 Å². The fourth-order valence-electron chi connectivity index (χ4n) is 4.33. The molecule has 0 saturated heterocycles. The molecule has 0 bridgehead atoms. The Balaban J connectivity index is 1.54. The first-order valence-electron chi connectivity index (χ1n) is 11.3. The third-order valence-electron chi connectivity index (χ3n) is 5.90. The number of fused-ring (bicyclic) bond motifs is 1. The van der Waals surface area contributed by atoms with Crippen LogP contribution in [0.1, 0.15) is 46.5 Å². The van der Waals surface area contributed by atoms with E-state index in [2.05, 4.69) is 11.4 Å². The van der Waals surface area contributed by atoms with E-state index < -0.39 is 23.8 Å². The summed E-state index contributed by atoms with van der Waals surface area (Å²) < 4.78 is 16.9. The molecule has 0 spiro atoms. The number of furan rings is 3. The Morgan fingerprint density at radius 3 is 2.11 bits per heavy atom. The van der Waals surface area contributed by atoms with Crippen molar-refractivity contribution in [2.75, 3.05) is 5.32 Å². The number of nitrogens with one attached hydrogen (secondary N) is 1. The third kappa shape index (κ3) is 3.79. The van der Waals surface area contributed by atoms with Crippen molar-refractivity contribution in [3.05, 3.63) is 77.7 Å². The predicted molar refractivity (Wildman–Crippen MR) is 128 cm³/mol. The van der Waals surface area contributed by atoms with E-state index in [4.69, 9.17) is 13.3 Å². The van der Waals surface area contributed by atoms with Crippen LogP contribution in [0.2, 0.25) is 0 Å². The van der Waals surface area contributed by atoms with Gasteiger partial charge in [-0.2, -0.15) is 5.26 Å². The molecule has 0 saturated carbocycles. The van der Waals surface area contributed by atoms with Gasteiger partial charge in [-0.3, -0.25) is 24.6 Å². The average Bonchev–Trinajstić information content (AvgIpc) is 3.65. The Labute approximate surface area is 205 Å². The van der Waals surface area contributed by atoms with Gasteiger partial charge in [-0.1, -0.05) is 26.0 Å². The van der Waals surface area contributed by atoms with Gasteiger partial charge in [-0.15, -0.1) is 0 Å². The molecule has 0 unspecified atom stereocenters. The van der Waals surface area contributed by atoms with Crippen molar-refractivity contribution >= 4 is 23.6 Å². The Morgan fingerprint density at radius 1 is 0.972 bits per heavy atom. The molecule has 4 heterocycles. The summed E-state index contributed by atoms with van der Waals surface area (Å²) in [6.45, 7) is 3.77. The maximum absolute atomic E-state index is 13.6. The molecule has 1 atom stereocenters. The quantitative estimate of drug-likeness (QED) is 0.352. The van der Waals surface area contributed by atoms with Gasteiger partial charge in [0.2, 0.25) is 11.8 Å². The van der Waals surface area contributed by atoms with Gasteiger partial charge in [-0.25, -0.2) is 0 Å². The molecule has 5 rings (SSSR count). The standard InChI is InChI=1S/C27H21N3O6/c1-15(2)13-19(30-26(32)16-7-3-4-8-17(16)27(30)33)24(31)29-25-18(14-28)22(20-9-5-11-34-20)23(36-25)21-10-6-12-35-21/h3-12,15,19H,13H2,1-2H3,(H,29,31)/t19-/m1/s1. The Bertz CT molecular complexity index is 1450. The highest BCUT2D eigenvalue weighted by Crippen LogP contribution is 2.42. The second kappa shape index (κ2) is 9.07. The van der Waals surface area contributed by atoms with Crippen LogP contribution in [0.5, 0.6) is 0 Å². The van der Waals surface area contributed by atoms with E-state index in [0.717, 1.165) is 4.90 Å². The van der Waals surface area contributed by atoms with Crippen LogP contribution in [0.15, 0.2) is 74.3 Å². The minimum absolute atomic E-state index is 0.0190. The molecule has 3 aromatic heterocycles. The molecule has 1 aliphatic heterocycles. The lowest BCUT2D eigenvalue weighted by atomic mass is 10.0. The smallest absolute Gasteiger partial charge is 0.262 e. The lowest BCUT2D eigenvalue weighted by Crippen LogP contribution is -2.48. The Kier molecular flexibility index (Phi) is 5.78. The Hall–Kier alpha value is -4.84. The van der Waals surface area contributed by atoms with Crippen LogP contribution in [0.3, 0.4) is 0 Å². The minimum atomic E-state index is -1.12. The van der Waals surface area contributed by atoms with Crippen molar-refractivity contribution in [3.8, 4) is 28.9 Å². The molecule has 1 aliphatic rings. The predicted octanol–water partition coefficient (Wildman–Crippen LogP) is 5.32. The van der Waals surface area contributed by atoms with E-state index in [0.29, 0.717) is 17.1 Å². The second-order valence-corrected chi connectivity index (χ2v) is 8.74. The van der Waals surface area contributed by atoms with Gasteiger partial charge in [0.05, 0.1) is 29.2 Å². The SMILES string of the molecule is CC(C)C[C@H](C(=O)Nc1oc(-c2ccco2)c(-c2ccco2)c1C#N)N1C(=O)c2ccccc2C1=O. The summed E-state index contributed by atoms with van der Waals surface area (Å²) in [4.78, 5) is 40.8. The summed E-state index contributed by atoms with van der Waals surface area (Å²) in [5.41, 5.74) is 0.837. The zero-order chi connectivity index (χ0) is 25.4. The van der Waals surface area contributed by atoms with Crippen molar-refractivity contribution in [3.63, 3.8) is 0 Å². The maximum Gasteiger partial charge on any atom is 0.262 e. The second-order valence-electron chi connectivity index (χ2n) is 8.74. The highest BCUT2D eigenvalue weighted by molar-refractivity contribution is 6.23. The fraction of sp³-hybridized carbons (Fsp3) is 0.185. The van der Waals surface area contributed by atoms with Crippen LogP contribution >= 0.6 is 0 Å². The number of nitrogens with zero attached hydrogens (tertiary/aromatic N) is 2. The van der Waals surface area contributed by atoms with Gasteiger partial charge >= 0.3 is 0 Å². The van der Waals surface area contributed by atoms with Crippen molar-refractivity contribution in [2.45, 2.75) is 26.3 Å². The summed E-state index contributed by atoms with van der Waals surface area (Å²) in [5, 5.41) is 12.6. The average molecular weight is 483 g/mol. The molecule has 3 amide bonds. The number of amides is 3. The summed E-state index contributed by atoms with van der Waals surface area (Å²) in [6, 6.07) is 14.0. The molecule has 1 aromatic carbocycles. The van der Waals surface area contributed by atoms with Crippen molar-refractivity contribution in [1.29, 1.82) is 5.26 Å². The van der Waals surface area contributed by atoms with Gasteiger partial charge < -0.3 is 13.3 Å². The molecule has 36 heavy (non-hydrogen) atoms. The molecular formula is C27H21N3O6. The summed E-state index contributed by atoms with van der Waals surface area (Å²) >= 11 is 0. The van der Waals surface area contributed by atoms with Crippen LogP contribution in [-0.2, 0) is 4.79 Å². The molecular weight excluding hydrogens is 462 g/mol. The molecule has 180 valence electrons. The zero-order valence-corrected chi connectivity index (χ0v) is 19.5. The number of benzene rings is 1. The van der Waals surface area contributed by atoms with Crippen LogP contribution in [0.25, 0.3) is 22.8 Å². The van der Waals surface area contributed by atoms with E-state index in [9.17, 15) is 19.6 Å². The lowest BCUT2D eigenvalue weighted by molar-refractivity contribution is -0.120. The number of carbonyl (C=O) groups is 3. The van der Waals surface area contributed by atoms with E-state index in [1.807, 2.05) is 13.8 Å². The number of imide groups is 1. The molecule has 0 fully saturated rings. The normalized spacial score (nSPS) is 13.7. The first kappa shape index (κ1) is 22.9. The van der Waals surface area contributed by atoms with Crippen molar-refractivity contribution < 1.29 is 27.6 Å². The Morgan fingerprint density at radius 2 is 1.58 bits per heavy atom. The topological polar surface area (TPSA) is 130 Å². The van der Waals surface area contributed by atoms with Gasteiger partial charge in [0.25, 0.3) is 11.8 Å². The minimum Gasteiger partial charge on any atom is -0.464 e. The van der Waals surface area contributed by atoms with Crippen molar-refractivity contribution in [1.82, 2.24) is 4.90 Å². The van der Waals surface area contributed by atoms with E-state index in [-0.39, 0.29) is 40.7 Å². The van der Waals surface area contributed by atoms with Crippen LogP contribution in [0.4, 0.5) is 5.88 Å². The van der Waals surface area contributed by atoms with Crippen molar-refractivity contribution in [2.24, 2.45) is 5.92 Å². The van der Waals surface area contributed by atoms with Gasteiger partial charge in [0.15, 0.2) is 11.5 Å².